The van der Waals surface area contributed by atoms with Crippen LogP contribution in [-0.2, 0) is 17.6 Å². The van der Waals surface area contributed by atoms with Crippen molar-refractivity contribution in [2.45, 2.75) is 18.9 Å². The van der Waals surface area contributed by atoms with Gasteiger partial charge in [-0.15, -0.1) is 0 Å². The van der Waals surface area contributed by atoms with Gasteiger partial charge in [-0.25, -0.2) is 0 Å². The first-order valence-electron chi connectivity index (χ1n) is 9.17. The number of nitrogens with one attached hydrogen (secondary N) is 2. The molecule has 1 aromatic carbocycles. The minimum atomic E-state index is -0.373. The second-order valence-electron chi connectivity index (χ2n) is 6.31. The van der Waals surface area contributed by atoms with Crippen LogP contribution in [0.2, 0.25) is 0 Å². The zero-order valence-electron chi connectivity index (χ0n) is 15.2. The fourth-order valence-electron chi connectivity index (χ4n) is 2.90. The maximum absolute atomic E-state index is 12.8. The number of amides is 1. The van der Waals surface area contributed by atoms with E-state index in [9.17, 15) is 4.79 Å². The summed E-state index contributed by atoms with van der Waals surface area (Å²) in [4.78, 5) is 20.9. The molecule has 0 aliphatic carbocycles. The second kappa shape index (κ2) is 10.2. The van der Waals surface area contributed by atoms with Crippen molar-refractivity contribution in [1.29, 1.82) is 0 Å². The maximum Gasteiger partial charge on any atom is 0.241 e. The molecule has 0 bridgehead atoms. The molecule has 0 aliphatic rings. The van der Waals surface area contributed by atoms with Crippen molar-refractivity contribution in [3.8, 4) is 0 Å². The molecule has 0 aliphatic heterocycles. The third-order valence-electron chi connectivity index (χ3n) is 4.34. The Labute approximate surface area is 159 Å². The van der Waals surface area contributed by atoms with E-state index in [0.29, 0.717) is 13.1 Å². The zero-order chi connectivity index (χ0) is 18.7. The highest BCUT2D eigenvalue weighted by Gasteiger charge is 2.19. The molecule has 1 amide bonds. The number of hydrogen-bond donors (Lipinski definition) is 2. The van der Waals surface area contributed by atoms with Gasteiger partial charge in [0.25, 0.3) is 0 Å². The molecule has 1 unspecified atom stereocenters. The van der Waals surface area contributed by atoms with Crippen LogP contribution in [0.5, 0.6) is 0 Å². The molecule has 0 radical (unpaired) electrons. The Hall–Kier alpha value is -3.05. The van der Waals surface area contributed by atoms with E-state index in [1.807, 2.05) is 60.8 Å². The Morgan fingerprint density at radius 3 is 2.33 bits per heavy atom. The molecule has 0 saturated carbocycles. The summed E-state index contributed by atoms with van der Waals surface area (Å²) in [7, 11) is 0. The molecule has 27 heavy (non-hydrogen) atoms. The third kappa shape index (κ3) is 6.01. The Balaban J connectivity index is 1.56. The SMILES string of the molecule is O=C(NCCc1cccnc1)C(NCCc1ccncc1)c1ccccc1. The van der Waals surface area contributed by atoms with E-state index in [-0.39, 0.29) is 11.9 Å². The van der Waals surface area contributed by atoms with Gasteiger partial charge < -0.3 is 10.6 Å². The number of aromatic nitrogens is 2. The molecule has 3 aromatic rings. The number of rotatable bonds is 9. The van der Waals surface area contributed by atoms with Crippen molar-refractivity contribution >= 4 is 5.91 Å². The fraction of sp³-hybridized carbons (Fsp3) is 0.227. The van der Waals surface area contributed by atoms with Crippen LogP contribution < -0.4 is 10.6 Å². The number of nitrogens with zero attached hydrogens (tertiary/aromatic N) is 2. The summed E-state index contributed by atoms with van der Waals surface area (Å²) in [6, 6.07) is 17.4. The van der Waals surface area contributed by atoms with Gasteiger partial charge in [0.15, 0.2) is 0 Å². The van der Waals surface area contributed by atoms with Gasteiger partial charge in [-0.05, 0) is 47.7 Å². The molecule has 3 rings (SSSR count). The van der Waals surface area contributed by atoms with E-state index in [1.165, 1.54) is 5.56 Å². The lowest BCUT2D eigenvalue weighted by Gasteiger charge is -2.19. The molecule has 138 valence electrons. The van der Waals surface area contributed by atoms with Crippen LogP contribution in [0.4, 0.5) is 0 Å². The molecular weight excluding hydrogens is 336 g/mol. The molecular formula is C22H24N4O. The topological polar surface area (TPSA) is 66.9 Å². The zero-order valence-corrected chi connectivity index (χ0v) is 15.2. The lowest BCUT2D eigenvalue weighted by Crippen LogP contribution is -2.39. The summed E-state index contributed by atoms with van der Waals surface area (Å²) in [6.45, 7) is 1.29. The van der Waals surface area contributed by atoms with Gasteiger partial charge in [0, 0.05) is 37.9 Å². The number of carbonyl (C=O) groups is 1. The van der Waals surface area contributed by atoms with Crippen LogP contribution in [0.1, 0.15) is 22.7 Å². The van der Waals surface area contributed by atoms with Crippen molar-refractivity contribution in [1.82, 2.24) is 20.6 Å². The highest BCUT2D eigenvalue weighted by Crippen LogP contribution is 2.13. The summed E-state index contributed by atoms with van der Waals surface area (Å²) >= 11 is 0. The van der Waals surface area contributed by atoms with Crippen molar-refractivity contribution in [2.75, 3.05) is 13.1 Å². The lowest BCUT2D eigenvalue weighted by atomic mass is 10.1. The van der Waals surface area contributed by atoms with E-state index < -0.39 is 0 Å². The Kier molecular flexibility index (Phi) is 7.07. The first-order chi connectivity index (χ1) is 13.3. The minimum absolute atomic E-state index is 0.0141. The Morgan fingerprint density at radius 1 is 0.815 bits per heavy atom. The van der Waals surface area contributed by atoms with Crippen molar-refractivity contribution in [2.24, 2.45) is 0 Å². The molecule has 2 N–H and O–H groups in total. The second-order valence-corrected chi connectivity index (χ2v) is 6.31. The van der Waals surface area contributed by atoms with Crippen LogP contribution >= 0.6 is 0 Å². The minimum Gasteiger partial charge on any atom is -0.354 e. The van der Waals surface area contributed by atoms with Gasteiger partial charge in [-0.3, -0.25) is 14.8 Å². The third-order valence-corrected chi connectivity index (χ3v) is 4.34. The molecule has 0 spiro atoms. The van der Waals surface area contributed by atoms with Crippen molar-refractivity contribution in [3.05, 3.63) is 96.1 Å². The maximum atomic E-state index is 12.8. The van der Waals surface area contributed by atoms with Crippen molar-refractivity contribution in [3.63, 3.8) is 0 Å². The van der Waals surface area contributed by atoms with Gasteiger partial charge in [0.05, 0.1) is 0 Å². The van der Waals surface area contributed by atoms with Crippen LogP contribution in [0.3, 0.4) is 0 Å². The molecule has 5 nitrogen and oxygen atoms in total. The Bertz CT molecular complexity index is 809. The predicted molar refractivity (Wildman–Crippen MR) is 106 cm³/mol. The highest BCUT2D eigenvalue weighted by molar-refractivity contribution is 5.83. The normalized spacial score (nSPS) is 11.7. The first kappa shape index (κ1) is 18.7. The van der Waals surface area contributed by atoms with Gasteiger partial charge in [0.2, 0.25) is 5.91 Å². The van der Waals surface area contributed by atoms with Gasteiger partial charge in [-0.2, -0.15) is 0 Å². The van der Waals surface area contributed by atoms with E-state index in [2.05, 4.69) is 20.6 Å². The number of pyridine rings is 2. The average Bonchev–Trinajstić information content (AvgIpc) is 2.73. The van der Waals surface area contributed by atoms with Gasteiger partial charge in [0.1, 0.15) is 6.04 Å². The van der Waals surface area contributed by atoms with Crippen LogP contribution in [0.25, 0.3) is 0 Å². The summed E-state index contributed by atoms with van der Waals surface area (Å²) in [5.74, 6) is -0.0141. The molecule has 5 heteroatoms. The molecule has 0 saturated heterocycles. The summed E-state index contributed by atoms with van der Waals surface area (Å²) in [6.07, 6.45) is 8.76. The van der Waals surface area contributed by atoms with E-state index in [4.69, 9.17) is 0 Å². The first-order valence-corrected chi connectivity index (χ1v) is 9.17. The highest BCUT2D eigenvalue weighted by atomic mass is 16.2. The smallest absolute Gasteiger partial charge is 0.241 e. The molecule has 2 aromatic heterocycles. The molecule has 0 fully saturated rings. The average molecular weight is 360 g/mol. The largest absolute Gasteiger partial charge is 0.354 e. The standard InChI is InChI=1S/C22H24N4O/c27-22(26-16-11-19-5-4-12-24-17-19)21(20-6-2-1-3-7-20)25-15-10-18-8-13-23-14-9-18/h1-9,12-14,17,21,25H,10-11,15-16H2,(H,26,27). The van der Waals surface area contributed by atoms with Crippen molar-refractivity contribution < 1.29 is 4.79 Å². The van der Waals surface area contributed by atoms with Crippen LogP contribution in [0.15, 0.2) is 79.4 Å². The number of benzene rings is 1. The van der Waals surface area contributed by atoms with E-state index in [1.54, 1.807) is 18.6 Å². The van der Waals surface area contributed by atoms with Gasteiger partial charge in [-0.1, -0.05) is 36.4 Å². The molecule has 1 atom stereocenters. The number of hydrogen-bond acceptors (Lipinski definition) is 4. The monoisotopic (exact) mass is 360 g/mol. The quantitative estimate of drug-likeness (QED) is 0.616. The molecule has 2 heterocycles. The predicted octanol–water partition coefficient (Wildman–Crippen LogP) is 2.71. The summed E-state index contributed by atoms with van der Waals surface area (Å²) in [5, 5.41) is 6.43. The van der Waals surface area contributed by atoms with E-state index in [0.717, 1.165) is 24.0 Å². The summed E-state index contributed by atoms with van der Waals surface area (Å²) < 4.78 is 0. The van der Waals surface area contributed by atoms with Crippen LogP contribution in [0, 0.1) is 0 Å². The van der Waals surface area contributed by atoms with Gasteiger partial charge >= 0.3 is 0 Å². The summed E-state index contributed by atoms with van der Waals surface area (Å²) in [5.41, 5.74) is 3.27. The van der Waals surface area contributed by atoms with E-state index >= 15 is 0 Å². The van der Waals surface area contributed by atoms with Crippen LogP contribution in [-0.4, -0.2) is 29.0 Å². The number of carbonyl (C=O) groups excluding carboxylic acids is 1. The Morgan fingerprint density at radius 2 is 1.59 bits per heavy atom. The fourth-order valence-corrected chi connectivity index (χ4v) is 2.90. The lowest BCUT2D eigenvalue weighted by molar-refractivity contribution is -0.123.